The van der Waals surface area contributed by atoms with Gasteiger partial charge in [-0.05, 0) is 38.1 Å². The number of amides is 1. The number of rotatable bonds is 3. The molecule has 1 amide bonds. The fourth-order valence-corrected chi connectivity index (χ4v) is 3.33. The van der Waals surface area contributed by atoms with Crippen LogP contribution in [0.25, 0.3) is 16.7 Å². The Hall–Kier alpha value is -2.54. The van der Waals surface area contributed by atoms with E-state index in [9.17, 15) is 18.0 Å². The Morgan fingerprint density at radius 1 is 1.15 bits per heavy atom. The number of imidazole rings is 1. The summed E-state index contributed by atoms with van der Waals surface area (Å²) in [6, 6.07) is 11.2. The molecule has 27 heavy (non-hydrogen) atoms. The van der Waals surface area contributed by atoms with Gasteiger partial charge in [0.15, 0.2) is 0 Å². The molecule has 3 rings (SSSR count). The van der Waals surface area contributed by atoms with Crippen LogP contribution in [0.1, 0.15) is 32.2 Å². The van der Waals surface area contributed by atoms with Gasteiger partial charge in [-0.2, -0.15) is 13.2 Å². The van der Waals surface area contributed by atoms with Crippen molar-refractivity contribution in [3.63, 3.8) is 0 Å². The fraction of sp³-hybridized carbons (Fsp3) is 0.263. The van der Waals surface area contributed by atoms with Crippen molar-refractivity contribution in [3.8, 4) is 5.69 Å². The highest BCUT2D eigenvalue weighted by atomic mass is 35.5. The largest absolute Gasteiger partial charge is 0.417 e. The average molecular weight is 396 g/mol. The highest BCUT2D eigenvalue weighted by molar-refractivity contribution is 6.32. The van der Waals surface area contributed by atoms with Crippen LogP contribution in [0.4, 0.5) is 13.2 Å². The van der Waals surface area contributed by atoms with Gasteiger partial charge < -0.3 is 5.32 Å². The van der Waals surface area contributed by atoms with E-state index in [2.05, 4.69) is 10.3 Å². The summed E-state index contributed by atoms with van der Waals surface area (Å²) in [5.74, 6) is 0.120. The van der Waals surface area contributed by atoms with E-state index in [-0.39, 0.29) is 11.4 Å². The average Bonchev–Trinajstić information content (AvgIpc) is 2.92. The minimum Gasteiger partial charge on any atom is -0.344 e. The Kier molecular flexibility index (Phi) is 4.67. The molecule has 0 saturated heterocycles. The third-order valence-corrected chi connectivity index (χ3v) is 4.42. The summed E-state index contributed by atoms with van der Waals surface area (Å²) in [5, 5.41) is 2.38. The number of halogens is 4. The van der Waals surface area contributed by atoms with Gasteiger partial charge in [-0.3, -0.25) is 9.36 Å². The van der Waals surface area contributed by atoms with Gasteiger partial charge in [0.05, 0.1) is 27.2 Å². The van der Waals surface area contributed by atoms with Crippen LogP contribution < -0.4 is 5.32 Å². The van der Waals surface area contributed by atoms with E-state index in [0.717, 1.165) is 6.07 Å². The number of nitrogens with one attached hydrogen (secondary N) is 1. The predicted octanol–water partition coefficient (Wildman–Crippen LogP) is 5.07. The van der Waals surface area contributed by atoms with Gasteiger partial charge >= 0.3 is 6.18 Å². The van der Waals surface area contributed by atoms with Crippen LogP contribution in [0.2, 0.25) is 5.02 Å². The third-order valence-electron chi connectivity index (χ3n) is 4.11. The molecule has 0 spiro atoms. The molecule has 0 aliphatic heterocycles. The van der Waals surface area contributed by atoms with E-state index in [0.29, 0.717) is 17.0 Å². The molecule has 0 fully saturated rings. The van der Waals surface area contributed by atoms with E-state index in [1.54, 1.807) is 30.5 Å². The molecule has 0 unspecified atom stereocenters. The summed E-state index contributed by atoms with van der Waals surface area (Å²) in [6.07, 6.45) is -4.59. The van der Waals surface area contributed by atoms with Crippen LogP contribution in [-0.4, -0.2) is 15.5 Å². The number of carbonyl (C=O) groups is 1. The summed E-state index contributed by atoms with van der Waals surface area (Å²) in [4.78, 5) is 16.0. The number of benzene rings is 2. The number of para-hydroxylation sites is 1. The molecule has 2 aromatic carbocycles. The second kappa shape index (κ2) is 6.56. The van der Waals surface area contributed by atoms with Crippen molar-refractivity contribution in [2.75, 3.05) is 0 Å². The predicted molar refractivity (Wildman–Crippen MR) is 97.9 cm³/mol. The minimum atomic E-state index is -4.59. The van der Waals surface area contributed by atoms with Crippen LogP contribution in [0.3, 0.4) is 0 Å². The summed E-state index contributed by atoms with van der Waals surface area (Å²) in [7, 11) is 0. The molecule has 1 N–H and O–H groups in total. The lowest BCUT2D eigenvalue weighted by atomic mass is 10.0. The normalized spacial score (nSPS) is 12.4. The number of hydrogen-bond acceptors (Lipinski definition) is 2. The second-order valence-corrected chi connectivity index (χ2v) is 7.14. The SMILES string of the molecule is CC(=O)NC(C)(C)c1nc2cc(C(F)(F)F)c(Cl)cc2n1-c1ccccc1. The van der Waals surface area contributed by atoms with Crippen molar-refractivity contribution >= 4 is 28.5 Å². The summed E-state index contributed by atoms with van der Waals surface area (Å²) >= 11 is 5.92. The van der Waals surface area contributed by atoms with Gasteiger partial charge in [0.2, 0.25) is 5.91 Å². The van der Waals surface area contributed by atoms with Crippen molar-refractivity contribution in [2.45, 2.75) is 32.5 Å². The van der Waals surface area contributed by atoms with Gasteiger partial charge in [-0.15, -0.1) is 0 Å². The first-order valence-corrected chi connectivity index (χ1v) is 8.52. The summed E-state index contributed by atoms with van der Waals surface area (Å²) in [6.45, 7) is 4.85. The maximum absolute atomic E-state index is 13.2. The zero-order valence-corrected chi connectivity index (χ0v) is 15.6. The van der Waals surface area contributed by atoms with Crippen molar-refractivity contribution in [3.05, 3.63) is 58.9 Å². The number of fused-ring (bicyclic) bond motifs is 1. The lowest BCUT2D eigenvalue weighted by molar-refractivity contribution is -0.137. The Labute approximate surface area is 159 Å². The summed E-state index contributed by atoms with van der Waals surface area (Å²) in [5.41, 5.74) is -0.606. The Morgan fingerprint density at radius 2 is 1.78 bits per heavy atom. The quantitative estimate of drug-likeness (QED) is 0.673. The van der Waals surface area contributed by atoms with Gasteiger partial charge in [0.1, 0.15) is 5.82 Å². The number of alkyl halides is 3. The molecule has 0 radical (unpaired) electrons. The van der Waals surface area contributed by atoms with E-state index in [4.69, 9.17) is 11.6 Å². The number of nitrogens with zero attached hydrogens (tertiary/aromatic N) is 2. The first-order valence-electron chi connectivity index (χ1n) is 8.14. The Bertz CT molecular complexity index is 1010. The number of carbonyl (C=O) groups excluding carboxylic acids is 1. The van der Waals surface area contributed by atoms with Gasteiger partial charge in [0, 0.05) is 12.6 Å². The maximum atomic E-state index is 13.2. The van der Waals surface area contributed by atoms with Crippen molar-refractivity contribution in [1.82, 2.24) is 14.9 Å². The van der Waals surface area contributed by atoms with E-state index >= 15 is 0 Å². The number of aromatic nitrogens is 2. The molecule has 1 aromatic heterocycles. The third kappa shape index (κ3) is 3.64. The molecule has 1 heterocycles. The Balaban J connectivity index is 2.36. The standard InChI is InChI=1S/C19H17ClF3N3O/c1-11(27)25-18(2,3)17-24-15-9-13(19(21,22)23)14(20)10-16(15)26(17)12-7-5-4-6-8-12/h4-10H,1-3H3,(H,25,27). The van der Waals surface area contributed by atoms with Crippen molar-refractivity contribution in [1.29, 1.82) is 0 Å². The van der Waals surface area contributed by atoms with E-state index < -0.39 is 22.3 Å². The molecule has 0 aliphatic rings. The second-order valence-electron chi connectivity index (χ2n) is 6.73. The molecular weight excluding hydrogens is 379 g/mol. The van der Waals surface area contributed by atoms with Gasteiger partial charge in [0.25, 0.3) is 0 Å². The zero-order chi connectivity index (χ0) is 20.0. The highest BCUT2D eigenvalue weighted by Gasteiger charge is 2.35. The number of hydrogen-bond donors (Lipinski definition) is 1. The molecule has 142 valence electrons. The van der Waals surface area contributed by atoms with Crippen LogP contribution in [0.15, 0.2) is 42.5 Å². The molecule has 8 heteroatoms. The topological polar surface area (TPSA) is 46.9 Å². The first-order chi connectivity index (χ1) is 12.5. The molecule has 4 nitrogen and oxygen atoms in total. The Morgan fingerprint density at radius 3 is 2.33 bits per heavy atom. The van der Waals surface area contributed by atoms with Gasteiger partial charge in [-0.25, -0.2) is 4.98 Å². The lowest BCUT2D eigenvalue weighted by Crippen LogP contribution is -2.41. The van der Waals surface area contributed by atoms with Crippen molar-refractivity contribution in [2.24, 2.45) is 0 Å². The van der Waals surface area contributed by atoms with Crippen molar-refractivity contribution < 1.29 is 18.0 Å². The molecule has 0 saturated carbocycles. The molecule has 0 bridgehead atoms. The van der Waals surface area contributed by atoms with Crippen LogP contribution in [0.5, 0.6) is 0 Å². The minimum absolute atomic E-state index is 0.143. The van der Waals surface area contributed by atoms with E-state index in [1.807, 2.05) is 18.2 Å². The first kappa shape index (κ1) is 19.2. The zero-order valence-electron chi connectivity index (χ0n) is 14.9. The van der Waals surface area contributed by atoms with E-state index in [1.165, 1.54) is 13.0 Å². The van der Waals surface area contributed by atoms with Crippen LogP contribution in [0, 0.1) is 0 Å². The molecule has 0 aliphatic carbocycles. The lowest BCUT2D eigenvalue weighted by Gasteiger charge is -2.26. The van der Waals surface area contributed by atoms with Crippen LogP contribution >= 0.6 is 11.6 Å². The molecule has 0 atom stereocenters. The smallest absolute Gasteiger partial charge is 0.344 e. The highest BCUT2D eigenvalue weighted by Crippen LogP contribution is 2.38. The summed E-state index contributed by atoms with van der Waals surface area (Å²) < 4.78 is 41.4. The van der Waals surface area contributed by atoms with Gasteiger partial charge in [-0.1, -0.05) is 29.8 Å². The molecular formula is C19H17ClF3N3O. The monoisotopic (exact) mass is 395 g/mol. The van der Waals surface area contributed by atoms with Crippen LogP contribution in [-0.2, 0) is 16.5 Å². The maximum Gasteiger partial charge on any atom is 0.417 e. The molecule has 3 aromatic rings. The fourth-order valence-electron chi connectivity index (χ4n) is 3.07.